The molecule has 92 valence electrons. The number of rotatable bonds is 5. The van der Waals surface area contributed by atoms with E-state index in [1.54, 1.807) is 6.92 Å². The monoisotopic (exact) mass is 258 g/mol. The molecule has 3 nitrogen and oxygen atoms in total. The highest BCUT2D eigenvalue weighted by Crippen LogP contribution is 2.17. The Kier molecular flexibility index (Phi) is 5.10. The predicted molar refractivity (Wildman–Crippen MR) is 62.0 cm³/mol. The summed E-state index contributed by atoms with van der Waals surface area (Å²) in [5.41, 5.74) is -0.298. The number of alkyl halides is 1. The van der Waals surface area contributed by atoms with Crippen molar-refractivity contribution in [2.75, 3.05) is 12.5 Å². The van der Waals surface area contributed by atoms with E-state index in [2.05, 4.69) is 0 Å². The van der Waals surface area contributed by atoms with Crippen LogP contribution in [0, 0.1) is 5.82 Å². The molecule has 17 heavy (non-hydrogen) atoms. The minimum Gasteiger partial charge on any atom is -0.462 e. The lowest BCUT2D eigenvalue weighted by Crippen LogP contribution is -2.14. The highest BCUT2D eigenvalue weighted by molar-refractivity contribution is 6.20. The second-order valence-electron chi connectivity index (χ2n) is 3.25. The second kappa shape index (κ2) is 6.35. The molecule has 0 amide bonds. The molecule has 0 unspecified atom stereocenters. The summed E-state index contributed by atoms with van der Waals surface area (Å²) >= 11 is 5.45. The van der Waals surface area contributed by atoms with Crippen LogP contribution in [-0.2, 0) is 4.74 Å². The molecule has 0 heterocycles. The molecule has 0 spiro atoms. The molecule has 0 atom stereocenters. The Morgan fingerprint density at radius 1 is 1.41 bits per heavy atom. The zero-order chi connectivity index (χ0) is 12.8. The van der Waals surface area contributed by atoms with E-state index in [0.29, 0.717) is 0 Å². The molecule has 0 aromatic heterocycles. The quantitative estimate of drug-likeness (QED) is 0.463. The number of benzene rings is 1. The molecule has 1 aromatic rings. The van der Waals surface area contributed by atoms with Crippen molar-refractivity contribution in [2.45, 2.75) is 13.3 Å². The summed E-state index contributed by atoms with van der Waals surface area (Å²) in [7, 11) is 0. The van der Waals surface area contributed by atoms with Crippen molar-refractivity contribution in [3.05, 3.63) is 35.1 Å². The Balaban J connectivity index is 3.17. The van der Waals surface area contributed by atoms with Gasteiger partial charge in [-0.1, -0.05) is 12.1 Å². The maximum absolute atomic E-state index is 13.5. The molecule has 1 aromatic carbocycles. The molecular formula is C12H12ClFO3. The number of Topliss-reactive ketones (excluding diaryl/α,β-unsaturated/α-hetero) is 1. The van der Waals surface area contributed by atoms with Gasteiger partial charge in [-0.3, -0.25) is 4.79 Å². The van der Waals surface area contributed by atoms with Crippen LogP contribution in [0.3, 0.4) is 0 Å². The van der Waals surface area contributed by atoms with Crippen molar-refractivity contribution < 1.29 is 18.7 Å². The molecule has 5 heteroatoms. The van der Waals surface area contributed by atoms with Gasteiger partial charge in [-0.05, 0) is 13.0 Å². The Morgan fingerprint density at radius 3 is 2.71 bits per heavy atom. The van der Waals surface area contributed by atoms with Gasteiger partial charge in [0.15, 0.2) is 5.78 Å². The number of esters is 1. The number of carbonyl (C=O) groups is 2. The molecule has 0 aliphatic heterocycles. The summed E-state index contributed by atoms with van der Waals surface area (Å²) < 4.78 is 18.3. The number of hydrogen-bond donors (Lipinski definition) is 0. The van der Waals surface area contributed by atoms with Crippen LogP contribution in [0.4, 0.5) is 4.39 Å². The molecule has 0 N–H and O–H groups in total. The lowest BCUT2D eigenvalue weighted by atomic mass is 10.0. The van der Waals surface area contributed by atoms with E-state index in [1.165, 1.54) is 12.1 Å². The maximum Gasteiger partial charge on any atom is 0.341 e. The third kappa shape index (κ3) is 3.27. The predicted octanol–water partition coefficient (Wildman–Crippen LogP) is 2.81. The van der Waals surface area contributed by atoms with Crippen molar-refractivity contribution >= 4 is 23.4 Å². The van der Waals surface area contributed by atoms with Crippen LogP contribution in [0.2, 0.25) is 0 Å². The summed E-state index contributed by atoms with van der Waals surface area (Å²) in [6, 6.07) is 3.88. The fourth-order valence-electron chi connectivity index (χ4n) is 1.39. The molecule has 0 fully saturated rings. The standard InChI is InChI=1S/C12H12ClFO3/c1-2-17-12(16)11-8(10(15)6-7-13)4-3-5-9(11)14/h3-5H,2,6-7H2,1H3. The number of hydrogen-bond acceptors (Lipinski definition) is 3. The van der Waals surface area contributed by atoms with Gasteiger partial charge in [-0.15, -0.1) is 11.6 Å². The second-order valence-corrected chi connectivity index (χ2v) is 3.62. The summed E-state index contributed by atoms with van der Waals surface area (Å²) in [4.78, 5) is 23.2. The lowest BCUT2D eigenvalue weighted by molar-refractivity contribution is 0.0517. The molecule has 0 saturated heterocycles. The van der Waals surface area contributed by atoms with Crippen LogP contribution in [0.25, 0.3) is 0 Å². The van der Waals surface area contributed by atoms with Crippen molar-refractivity contribution in [1.82, 2.24) is 0 Å². The van der Waals surface area contributed by atoms with Gasteiger partial charge in [0.05, 0.1) is 6.61 Å². The average molecular weight is 259 g/mol. The van der Waals surface area contributed by atoms with Crippen LogP contribution in [0.5, 0.6) is 0 Å². The van der Waals surface area contributed by atoms with E-state index in [0.717, 1.165) is 6.07 Å². The van der Waals surface area contributed by atoms with Gasteiger partial charge in [-0.2, -0.15) is 0 Å². The van der Waals surface area contributed by atoms with E-state index in [9.17, 15) is 14.0 Å². The molecule has 0 aliphatic carbocycles. The normalized spacial score (nSPS) is 10.1. The fraction of sp³-hybridized carbons (Fsp3) is 0.333. The Hall–Kier alpha value is -1.42. The lowest BCUT2D eigenvalue weighted by Gasteiger charge is -2.08. The van der Waals surface area contributed by atoms with Crippen LogP contribution in [0.15, 0.2) is 18.2 Å². The van der Waals surface area contributed by atoms with E-state index < -0.39 is 11.8 Å². The first-order valence-corrected chi connectivity index (χ1v) is 5.70. The van der Waals surface area contributed by atoms with E-state index >= 15 is 0 Å². The summed E-state index contributed by atoms with van der Waals surface area (Å²) in [5, 5.41) is 0. The zero-order valence-electron chi connectivity index (χ0n) is 9.33. The van der Waals surface area contributed by atoms with Crippen molar-refractivity contribution in [3.8, 4) is 0 Å². The van der Waals surface area contributed by atoms with Crippen molar-refractivity contribution in [1.29, 1.82) is 0 Å². The van der Waals surface area contributed by atoms with Crippen LogP contribution in [-0.4, -0.2) is 24.2 Å². The maximum atomic E-state index is 13.5. The number of carbonyl (C=O) groups excluding carboxylic acids is 2. The molecular weight excluding hydrogens is 247 g/mol. The highest BCUT2D eigenvalue weighted by Gasteiger charge is 2.21. The van der Waals surface area contributed by atoms with Gasteiger partial charge in [-0.25, -0.2) is 9.18 Å². The van der Waals surface area contributed by atoms with Crippen LogP contribution in [0.1, 0.15) is 34.1 Å². The first-order chi connectivity index (χ1) is 8.11. The first-order valence-electron chi connectivity index (χ1n) is 5.16. The van der Waals surface area contributed by atoms with Gasteiger partial charge in [0, 0.05) is 17.9 Å². The van der Waals surface area contributed by atoms with Crippen molar-refractivity contribution in [2.24, 2.45) is 0 Å². The number of ketones is 1. The molecule has 0 bridgehead atoms. The van der Waals surface area contributed by atoms with Gasteiger partial charge < -0.3 is 4.74 Å². The minimum atomic E-state index is -0.830. The SMILES string of the molecule is CCOC(=O)c1c(F)cccc1C(=O)CCCl. The van der Waals surface area contributed by atoms with E-state index in [4.69, 9.17) is 16.3 Å². The van der Waals surface area contributed by atoms with Gasteiger partial charge in [0.25, 0.3) is 0 Å². The number of ether oxygens (including phenoxy) is 1. The average Bonchev–Trinajstić information content (AvgIpc) is 2.29. The number of halogens is 2. The van der Waals surface area contributed by atoms with Crippen LogP contribution < -0.4 is 0 Å². The smallest absolute Gasteiger partial charge is 0.341 e. The third-order valence-corrected chi connectivity index (χ3v) is 2.30. The Morgan fingerprint density at radius 2 is 2.12 bits per heavy atom. The molecule has 1 rings (SSSR count). The van der Waals surface area contributed by atoms with Gasteiger partial charge in [0.1, 0.15) is 11.4 Å². The molecule has 0 aliphatic rings. The molecule has 0 radical (unpaired) electrons. The summed E-state index contributed by atoms with van der Waals surface area (Å²) in [5.74, 6) is -1.84. The Bertz CT molecular complexity index is 432. The van der Waals surface area contributed by atoms with E-state index in [-0.39, 0.29) is 35.8 Å². The zero-order valence-corrected chi connectivity index (χ0v) is 10.1. The molecule has 0 saturated carbocycles. The highest BCUT2D eigenvalue weighted by atomic mass is 35.5. The van der Waals surface area contributed by atoms with Crippen LogP contribution >= 0.6 is 11.6 Å². The van der Waals surface area contributed by atoms with E-state index in [1.807, 2.05) is 0 Å². The summed E-state index contributed by atoms with van der Waals surface area (Å²) in [6.07, 6.45) is 0.0530. The van der Waals surface area contributed by atoms with Gasteiger partial charge >= 0.3 is 5.97 Å². The van der Waals surface area contributed by atoms with Crippen molar-refractivity contribution in [3.63, 3.8) is 0 Å². The summed E-state index contributed by atoms with van der Waals surface area (Å²) in [6.45, 7) is 1.73. The van der Waals surface area contributed by atoms with Gasteiger partial charge in [0.2, 0.25) is 0 Å². The minimum absolute atomic E-state index is 0.0177. The Labute approximate surface area is 104 Å². The first kappa shape index (κ1) is 13.6. The fourth-order valence-corrected chi connectivity index (χ4v) is 1.56. The topological polar surface area (TPSA) is 43.4 Å². The third-order valence-electron chi connectivity index (χ3n) is 2.12. The largest absolute Gasteiger partial charge is 0.462 e.